The summed E-state index contributed by atoms with van der Waals surface area (Å²) in [4.78, 5) is 22.4. The number of nitrogens with one attached hydrogen (secondary N) is 1. The summed E-state index contributed by atoms with van der Waals surface area (Å²) in [6, 6.07) is 4.09. The fourth-order valence-corrected chi connectivity index (χ4v) is 3.97. The van der Waals surface area contributed by atoms with E-state index in [9.17, 15) is 4.79 Å². The average Bonchev–Trinajstić information content (AvgIpc) is 3.06. The first-order chi connectivity index (χ1) is 11.7. The fourth-order valence-electron chi connectivity index (χ4n) is 3.97. The number of ether oxygens (including phenoxy) is 1. The minimum atomic E-state index is -0.726. The standard InChI is InChI=1S/C18H24N4O2/c19-18(5-10-24-11-6-18)17(23)22-8-3-13(4-9-22)15-12-21-16-14(15)2-1-7-20-16/h1-2,7,12-13H,3-6,8-11,19H2,(H,20,21). The number of carbonyl (C=O) groups excluding carboxylic acids is 1. The van der Waals surface area contributed by atoms with Crippen LogP contribution in [0.1, 0.15) is 37.2 Å². The van der Waals surface area contributed by atoms with Gasteiger partial charge < -0.3 is 20.4 Å². The number of pyridine rings is 1. The highest BCUT2D eigenvalue weighted by Crippen LogP contribution is 2.33. The first kappa shape index (κ1) is 15.6. The number of nitrogens with two attached hydrogens (primary N) is 1. The lowest BCUT2D eigenvalue weighted by atomic mass is 9.86. The monoisotopic (exact) mass is 328 g/mol. The number of piperidine rings is 1. The predicted molar refractivity (Wildman–Crippen MR) is 91.6 cm³/mol. The second kappa shape index (κ2) is 6.18. The number of hydrogen-bond donors (Lipinski definition) is 2. The first-order valence-electron chi connectivity index (χ1n) is 8.75. The quantitative estimate of drug-likeness (QED) is 0.880. The average molecular weight is 328 g/mol. The van der Waals surface area contributed by atoms with Gasteiger partial charge in [0.1, 0.15) is 5.65 Å². The van der Waals surface area contributed by atoms with Crippen LogP contribution in [0.5, 0.6) is 0 Å². The zero-order valence-corrected chi connectivity index (χ0v) is 13.8. The summed E-state index contributed by atoms with van der Waals surface area (Å²) in [6.45, 7) is 2.72. The molecule has 2 saturated heterocycles. The van der Waals surface area contributed by atoms with E-state index in [0.29, 0.717) is 32.0 Å². The highest BCUT2D eigenvalue weighted by Gasteiger charge is 2.40. The van der Waals surface area contributed by atoms with Gasteiger partial charge in [-0.15, -0.1) is 0 Å². The Morgan fingerprint density at radius 3 is 2.83 bits per heavy atom. The van der Waals surface area contributed by atoms with E-state index in [-0.39, 0.29) is 5.91 Å². The molecule has 6 nitrogen and oxygen atoms in total. The number of carbonyl (C=O) groups is 1. The van der Waals surface area contributed by atoms with Crippen LogP contribution in [0.15, 0.2) is 24.5 Å². The number of hydrogen-bond acceptors (Lipinski definition) is 4. The predicted octanol–water partition coefficient (Wildman–Crippen LogP) is 1.78. The Morgan fingerprint density at radius 2 is 2.08 bits per heavy atom. The van der Waals surface area contributed by atoms with Crippen molar-refractivity contribution in [3.05, 3.63) is 30.1 Å². The number of rotatable bonds is 2. The highest BCUT2D eigenvalue weighted by atomic mass is 16.5. The normalized spacial score (nSPS) is 22.0. The third kappa shape index (κ3) is 2.70. The third-order valence-electron chi connectivity index (χ3n) is 5.52. The Bertz CT molecular complexity index is 727. The van der Waals surface area contributed by atoms with Gasteiger partial charge in [-0.05, 0) is 49.3 Å². The smallest absolute Gasteiger partial charge is 0.242 e. The Hall–Kier alpha value is -1.92. The maximum absolute atomic E-state index is 12.8. The van der Waals surface area contributed by atoms with Gasteiger partial charge in [-0.2, -0.15) is 0 Å². The molecular weight excluding hydrogens is 304 g/mol. The van der Waals surface area contributed by atoms with Crippen molar-refractivity contribution in [1.29, 1.82) is 0 Å². The van der Waals surface area contributed by atoms with E-state index in [0.717, 1.165) is 31.6 Å². The summed E-state index contributed by atoms with van der Waals surface area (Å²) < 4.78 is 5.35. The Kier molecular flexibility index (Phi) is 4.02. The molecule has 2 aromatic rings. The van der Waals surface area contributed by atoms with E-state index < -0.39 is 5.54 Å². The topological polar surface area (TPSA) is 84.2 Å². The van der Waals surface area contributed by atoms with Crippen LogP contribution < -0.4 is 5.73 Å². The first-order valence-corrected chi connectivity index (χ1v) is 8.75. The summed E-state index contributed by atoms with van der Waals surface area (Å²) in [5.74, 6) is 0.570. The van der Waals surface area contributed by atoms with Crippen molar-refractivity contribution >= 4 is 16.9 Å². The van der Waals surface area contributed by atoms with Crippen molar-refractivity contribution in [2.24, 2.45) is 5.73 Å². The van der Waals surface area contributed by atoms with Gasteiger partial charge in [0.2, 0.25) is 5.91 Å². The molecule has 128 valence electrons. The van der Waals surface area contributed by atoms with Gasteiger partial charge in [-0.3, -0.25) is 4.79 Å². The minimum Gasteiger partial charge on any atom is -0.381 e. The summed E-state index contributed by atoms with van der Waals surface area (Å²) in [7, 11) is 0. The number of amides is 1. The van der Waals surface area contributed by atoms with Crippen LogP contribution in [0, 0.1) is 0 Å². The molecule has 0 bridgehead atoms. The zero-order valence-electron chi connectivity index (χ0n) is 13.8. The summed E-state index contributed by atoms with van der Waals surface area (Å²) in [6.07, 6.45) is 7.07. The van der Waals surface area contributed by atoms with Crippen LogP contribution in [-0.4, -0.2) is 52.6 Å². The minimum absolute atomic E-state index is 0.102. The maximum atomic E-state index is 12.8. The molecular formula is C18H24N4O2. The highest BCUT2D eigenvalue weighted by molar-refractivity contribution is 5.86. The lowest BCUT2D eigenvalue weighted by molar-refractivity contribution is -0.141. The molecule has 4 rings (SSSR count). The van der Waals surface area contributed by atoms with E-state index in [1.165, 1.54) is 10.9 Å². The van der Waals surface area contributed by atoms with Crippen molar-refractivity contribution in [2.45, 2.75) is 37.1 Å². The number of H-pyrrole nitrogens is 1. The van der Waals surface area contributed by atoms with Crippen molar-refractivity contribution in [3.8, 4) is 0 Å². The van der Waals surface area contributed by atoms with Crippen LogP contribution in [0.4, 0.5) is 0 Å². The van der Waals surface area contributed by atoms with E-state index in [4.69, 9.17) is 10.5 Å². The van der Waals surface area contributed by atoms with Gasteiger partial charge in [0.25, 0.3) is 0 Å². The molecule has 2 aliphatic heterocycles. The molecule has 2 aliphatic rings. The van der Waals surface area contributed by atoms with Crippen molar-refractivity contribution in [1.82, 2.24) is 14.9 Å². The third-order valence-corrected chi connectivity index (χ3v) is 5.52. The van der Waals surface area contributed by atoms with Crippen molar-refractivity contribution in [3.63, 3.8) is 0 Å². The maximum Gasteiger partial charge on any atom is 0.242 e. The largest absolute Gasteiger partial charge is 0.381 e. The van der Waals surface area contributed by atoms with Gasteiger partial charge in [0.15, 0.2) is 0 Å². The molecule has 0 aliphatic carbocycles. The molecule has 0 atom stereocenters. The molecule has 2 aromatic heterocycles. The molecule has 0 unspecified atom stereocenters. The van der Waals surface area contributed by atoms with Crippen molar-refractivity contribution in [2.75, 3.05) is 26.3 Å². The number of aromatic nitrogens is 2. The number of nitrogens with zero attached hydrogens (tertiary/aromatic N) is 2. The van der Waals surface area contributed by atoms with Crippen LogP contribution in [-0.2, 0) is 9.53 Å². The molecule has 0 radical (unpaired) electrons. The number of aromatic amines is 1. The van der Waals surface area contributed by atoms with Gasteiger partial charge in [-0.1, -0.05) is 0 Å². The summed E-state index contributed by atoms with van der Waals surface area (Å²) in [5.41, 5.74) is 7.88. The second-order valence-electron chi connectivity index (χ2n) is 6.98. The molecule has 0 spiro atoms. The van der Waals surface area contributed by atoms with E-state index in [1.807, 2.05) is 11.0 Å². The van der Waals surface area contributed by atoms with Gasteiger partial charge >= 0.3 is 0 Å². The zero-order chi connectivity index (χ0) is 16.6. The molecule has 2 fully saturated rings. The molecule has 1 amide bonds. The van der Waals surface area contributed by atoms with E-state index >= 15 is 0 Å². The van der Waals surface area contributed by atoms with Gasteiger partial charge in [0, 0.05) is 44.1 Å². The molecule has 0 saturated carbocycles. The van der Waals surface area contributed by atoms with Crippen LogP contribution in [0.2, 0.25) is 0 Å². The Labute approximate surface area is 141 Å². The fraction of sp³-hybridized carbons (Fsp3) is 0.556. The number of fused-ring (bicyclic) bond motifs is 1. The lowest BCUT2D eigenvalue weighted by Crippen LogP contribution is -2.59. The van der Waals surface area contributed by atoms with Gasteiger partial charge in [0.05, 0.1) is 5.54 Å². The SMILES string of the molecule is NC1(C(=O)N2CCC(c3c[nH]c4ncccc34)CC2)CCOCC1. The Balaban J connectivity index is 1.44. The molecule has 4 heterocycles. The number of likely N-dealkylation sites (tertiary alicyclic amines) is 1. The lowest BCUT2D eigenvalue weighted by Gasteiger charge is -2.39. The molecule has 0 aromatic carbocycles. The summed E-state index contributed by atoms with van der Waals surface area (Å²) >= 11 is 0. The summed E-state index contributed by atoms with van der Waals surface area (Å²) in [5, 5.41) is 1.20. The molecule has 6 heteroatoms. The second-order valence-corrected chi connectivity index (χ2v) is 6.98. The van der Waals surface area contributed by atoms with Crippen LogP contribution in [0.3, 0.4) is 0 Å². The van der Waals surface area contributed by atoms with E-state index in [1.54, 1.807) is 6.20 Å². The van der Waals surface area contributed by atoms with Crippen LogP contribution >= 0.6 is 0 Å². The molecule has 24 heavy (non-hydrogen) atoms. The van der Waals surface area contributed by atoms with Gasteiger partial charge in [-0.25, -0.2) is 4.98 Å². The van der Waals surface area contributed by atoms with E-state index in [2.05, 4.69) is 22.2 Å². The van der Waals surface area contributed by atoms with Crippen LogP contribution in [0.25, 0.3) is 11.0 Å². The molecule has 3 N–H and O–H groups in total. The van der Waals surface area contributed by atoms with Crippen molar-refractivity contribution < 1.29 is 9.53 Å². The Morgan fingerprint density at radius 1 is 1.33 bits per heavy atom.